The third-order valence-electron chi connectivity index (χ3n) is 2.78. The molecule has 1 atom stereocenters. The van der Waals surface area contributed by atoms with Crippen LogP contribution in [0.25, 0.3) is 6.08 Å². The van der Waals surface area contributed by atoms with Gasteiger partial charge in [0, 0.05) is 0 Å². The van der Waals surface area contributed by atoms with Crippen molar-refractivity contribution in [3.8, 4) is 0 Å². The molecule has 0 amide bonds. The Kier molecular flexibility index (Phi) is 4.85. The molecule has 0 heterocycles. The van der Waals surface area contributed by atoms with Crippen molar-refractivity contribution in [3.05, 3.63) is 53.6 Å². The third-order valence-corrected chi connectivity index (χ3v) is 2.78. The molecule has 0 aliphatic rings. The maximum atomic E-state index is 11.2. The number of Topliss-reactive ketones (excluding diaryl/α,β-unsaturated/α-hetero) is 1. The summed E-state index contributed by atoms with van der Waals surface area (Å²) >= 11 is 0. The Morgan fingerprint density at radius 2 is 2.24 bits per heavy atom. The minimum absolute atomic E-state index is 0.0187. The van der Waals surface area contributed by atoms with Crippen LogP contribution in [0, 0.1) is 6.92 Å². The predicted molar refractivity (Wildman–Crippen MR) is 72.8 cm³/mol. The van der Waals surface area contributed by atoms with Crippen LogP contribution in [0.1, 0.15) is 23.6 Å². The van der Waals surface area contributed by atoms with Crippen molar-refractivity contribution in [2.75, 3.05) is 0 Å². The van der Waals surface area contributed by atoms with Crippen molar-refractivity contribution in [1.82, 2.24) is 0 Å². The molecule has 0 fully saturated rings. The quantitative estimate of drug-likeness (QED) is 0.789. The molecule has 0 spiro atoms. The van der Waals surface area contributed by atoms with E-state index in [-0.39, 0.29) is 5.78 Å². The van der Waals surface area contributed by atoms with Crippen LogP contribution in [0.15, 0.2) is 36.9 Å². The van der Waals surface area contributed by atoms with Gasteiger partial charge in [-0.3, -0.25) is 4.79 Å². The molecule has 17 heavy (non-hydrogen) atoms. The van der Waals surface area contributed by atoms with E-state index in [2.05, 4.69) is 6.58 Å². The van der Waals surface area contributed by atoms with E-state index in [0.717, 1.165) is 11.1 Å². The molecule has 1 aromatic carbocycles. The van der Waals surface area contributed by atoms with Crippen LogP contribution in [0.2, 0.25) is 0 Å². The Hall–Kier alpha value is -1.67. The van der Waals surface area contributed by atoms with Crippen molar-refractivity contribution in [2.24, 2.45) is 5.73 Å². The van der Waals surface area contributed by atoms with E-state index in [9.17, 15) is 4.79 Å². The molecule has 0 aliphatic heterocycles. The first-order valence-corrected chi connectivity index (χ1v) is 5.70. The normalized spacial score (nSPS) is 12.6. The zero-order chi connectivity index (χ0) is 12.8. The third kappa shape index (κ3) is 3.68. The number of rotatable bonds is 5. The number of carbonyl (C=O) groups excluding carboxylic acids is 1. The summed E-state index contributed by atoms with van der Waals surface area (Å²) in [5, 5.41) is 0. The Labute approximate surface area is 103 Å². The molecule has 2 N–H and O–H groups in total. The first-order chi connectivity index (χ1) is 8.06. The van der Waals surface area contributed by atoms with Crippen molar-refractivity contribution < 1.29 is 4.79 Å². The number of ketones is 1. The van der Waals surface area contributed by atoms with Crippen LogP contribution in [0.3, 0.4) is 0 Å². The largest absolute Gasteiger partial charge is 0.321 e. The van der Waals surface area contributed by atoms with Gasteiger partial charge < -0.3 is 5.73 Å². The monoisotopic (exact) mass is 229 g/mol. The van der Waals surface area contributed by atoms with E-state index in [1.54, 1.807) is 6.08 Å². The van der Waals surface area contributed by atoms with Crippen LogP contribution in [-0.2, 0) is 11.2 Å². The highest BCUT2D eigenvalue weighted by atomic mass is 16.1. The maximum absolute atomic E-state index is 11.2. The summed E-state index contributed by atoms with van der Waals surface area (Å²) in [6, 6.07) is 5.63. The molecule has 0 saturated carbocycles. The number of aryl methyl sites for hydroxylation is 1. The van der Waals surface area contributed by atoms with Gasteiger partial charge in [0.25, 0.3) is 0 Å². The Morgan fingerprint density at radius 3 is 2.82 bits per heavy atom. The number of carbonyl (C=O) groups is 1. The summed E-state index contributed by atoms with van der Waals surface area (Å²) in [4.78, 5) is 11.2. The highest BCUT2D eigenvalue weighted by Crippen LogP contribution is 2.17. The molecule has 0 aromatic heterocycles. The minimum atomic E-state index is -0.423. The van der Waals surface area contributed by atoms with Crippen molar-refractivity contribution in [1.29, 1.82) is 0 Å². The smallest absolute Gasteiger partial charge is 0.146 e. The number of allylic oxidation sites excluding steroid dienone is 2. The summed E-state index contributed by atoms with van der Waals surface area (Å²) in [6.45, 7) is 7.23. The van der Waals surface area contributed by atoms with Gasteiger partial charge in [-0.25, -0.2) is 0 Å². The second kappa shape index (κ2) is 6.16. The second-order valence-corrected chi connectivity index (χ2v) is 4.16. The van der Waals surface area contributed by atoms with Gasteiger partial charge in [0.1, 0.15) is 5.78 Å². The lowest BCUT2D eigenvalue weighted by atomic mass is 9.95. The van der Waals surface area contributed by atoms with Crippen molar-refractivity contribution >= 4 is 11.9 Å². The first kappa shape index (κ1) is 13.4. The van der Waals surface area contributed by atoms with Gasteiger partial charge in [0.2, 0.25) is 0 Å². The molecule has 0 bridgehead atoms. The molecule has 0 unspecified atom stereocenters. The van der Waals surface area contributed by atoms with Crippen LogP contribution >= 0.6 is 0 Å². The lowest BCUT2D eigenvalue weighted by Crippen LogP contribution is -2.30. The number of hydrogen-bond donors (Lipinski definition) is 1. The highest BCUT2D eigenvalue weighted by Gasteiger charge is 2.11. The second-order valence-electron chi connectivity index (χ2n) is 4.16. The molecule has 1 rings (SSSR count). The summed E-state index contributed by atoms with van der Waals surface area (Å²) in [5.41, 5.74) is 9.21. The fourth-order valence-corrected chi connectivity index (χ4v) is 1.70. The molecule has 90 valence electrons. The zero-order valence-electron chi connectivity index (χ0n) is 10.4. The predicted octanol–water partition coefficient (Wildman–Crippen LogP) is 2.65. The molecule has 0 saturated heterocycles. The molecular weight excluding hydrogens is 210 g/mol. The van der Waals surface area contributed by atoms with Gasteiger partial charge >= 0.3 is 0 Å². The average Bonchev–Trinajstić information content (AvgIpc) is 2.28. The minimum Gasteiger partial charge on any atom is -0.321 e. The molecule has 2 nitrogen and oxygen atoms in total. The van der Waals surface area contributed by atoms with E-state index < -0.39 is 6.04 Å². The standard InChI is InChI=1S/C15H19NO/c1-4-5-9-14-11(2)7-6-8-13(14)10-15(16)12(3)17/h4-9,15H,1,10,16H2,2-3H3/b9-5-/t15-/m0/s1. The summed E-state index contributed by atoms with van der Waals surface area (Å²) in [5.74, 6) is 0.0187. The van der Waals surface area contributed by atoms with Gasteiger partial charge in [-0.15, -0.1) is 0 Å². The van der Waals surface area contributed by atoms with Gasteiger partial charge in [-0.05, 0) is 37.0 Å². The summed E-state index contributed by atoms with van der Waals surface area (Å²) in [7, 11) is 0. The Morgan fingerprint density at radius 1 is 1.53 bits per heavy atom. The summed E-state index contributed by atoms with van der Waals surface area (Å²) < 4.78 is 0. The molecule has 0 radical (unpaired) electrons. The molecular formula is C15H19NO. The van der Waals surface area contributed by atoms with E-state index >= 15 is 0 Å². The van der Waals surface area contributed by atoms with Crippen LogP contribution in [0.4, 0.5) is 0 Å². The molecule has 0 aliphatic carbocycles. The first-order valence-electron chi connectivity index (χ1n) is 5.70. The van der Waals surface area contributed by atoms with Crippen LogP contribution in [-0.4, -0.2) is 11.8 Å². The maximum Gasteiger partial charge on any atom is 0.146 e. The highest BCUT2D eigenvalue weighted by molar-refractivity contribution is 5.81. The van der Waals surface area contributed by atoms with E-state index in [1.165, 1.54) is 12.5 Å². The SMILES string of the molecule is C=C/C=C\c1c(C)cccc1C[C@H](N)C(C)=O. The lowest BCUT2D eigenvalue weighted by Gasteiger charge is -2.12. The van der Waals surface area contributed by atoms with E-state index in [0.29, 0.717) is 6.42 Å². The summed E-state index contributed by atoms with van der Waals surface area (Å²) in [6.07, 6.45) is 6.21. The molecule has 2 heteroatoms. The van der Waals surface area contributed by atoms with Crippen molar-refractivity contribution in [3.63, 3.8) is 0 Å². The molecule has 1 aromatic rings. The van der Waals surface area contributed by atoms with Crippen LogP contribution in [0.5, 0.6) is 0 Å². The Balaban J connectivity index is 3.06. The van der Waals surface area contributed by atoms with Gasteiger partial charge in [0.15, 0.2) is 0 Å². The lowest BCUT2D eigenvalue weighted by molar-refractivity contribution is -0.118. The van der Waals surface area contributed by atoms with Gasteiger partial charge in [-0.1, -0.05) is 43.0 Å². The fraction of sp³-hybridized carbons (Fsp3) is 0.267. The number of nitrogens with two attached hydrogens (primary N) is 1. The van der Waals surface area contributed by atoms with Crippen molar-refractivity contribution in [2.45, 2.75) is 26.3 Å². The van der Waals surface area contributed by atoms with Crippen LogP contribution < -0.4 is 5.73 Å². The average molecular weight is 229 g/mol. The fourth-order valence-electron chi connectivity index (χ4n) is 1.70. The zero-order valence-corrected chi connectivity index (χ0v) is 10.4. The number of benzene rings is 1. The van der Waals surface area contributed by atoms with Gasteiger partial charge in [-0.2, -0.15) is 0 Å². The van der Waals surface area contributed by atoms with E-state index in [4.69, 9.17) is 5.73 Å². The topological polar surface area (TPSA) is 43.1 Å². The number of hydrogen-bond acceptors (Lipinski definition) is 2. The Bertz CT molecular complexity index is 446. The van der Waals surface area contributed by atoms with Gasteiger partial charge in [0.05, 0.1) is 6.04 Å². The van der Waals surface area contributed by atoms with E-state index in [1.807, 2.05) is 37.3 Å².